The number of hydrogen-bond donors (Lipinski definition) is 0. The van der Waals surface area contributed by atoms with Crippen molar-refractivity contribution >= 4 is 48.6 Å². The lowest BCUT2D eigenvalue weighted by atomic mass is 9.82. The van der Waals surface area contributed by atoms with Gasteiger partial charge in [-0.2, -0.15) is 0 Å². The number of nitrogens with zero attached hydrogens (tertiary/aromatic N) is 1. The summed E-state index contributed by atoms with van der Waals surface area (Å²) in [5, 5.41) is 2.67. The van der Waals surface area contributed by atoms with Crippen molar-refractivity contribution in [2.75, 3.05) is 4.90 Å². The molecular formula is C49H41NS. The van der Waals surface area contributed by atoms with E-state index >= 15 is 0 Å². The second-order valence-corrected chi connectivity index (χ2v) is 16.5. The van der Waals surface area contributed by atoms with Crippen molar-refractivity contribution in [1.82, 2.24) is 0 Å². The molecule has 0 unspecified atom stereocenters. The number of rotatable bonds is 5. The first-order valence-corrected chi connectivity index (χ1v) is 18.7. The molecule has 7 aromatic carbocycles. The molecule has 0 saturated heterocycles. The molecule has 0 atom stereocenters. The third-order valence-corrected chi connectivity index (χ3v) is 11.9. The van der Waals surface area contributed by atoms with Gasteiger partial charge in [-0.05, 0) is 104 Å². The maximum Gasteiger partial charge on any atom is 0.0499 e. The molecule has 0 saturated carbocycles. The van der Waals surface area contributed by atoms with Crippen molar-refractivity contribution in [3.8, 4) is 33.4 Å². The van der Waals surface area contributed by atoms with Crippen molar-refractivity contribution < 1.29 is 0 Å². The van der Waals surface area contributed by atoms with Crippen molar-refractivity contribution in [2.45, 2.75) is 45.4 Å². The zero-order valence-corrected chi connectivity index (χ0v) is 30.7. The Labute approximate surface area is 305 Å². The van der Waals surface area contributed by atoms with Crippen LogP contribution < -0.4 is 4.90 Å². The van der Waals surface area contributed by atoms with Crippen molar-refractivity contribution in [2.24, 2.45) is 0 Å². The molecule has 248 valence electrons. The lowest BCUT2D eigenvalue weighted by Crippen LogP contribution is -2.20. The highest BCUT2D eigenvalue weighted by Crippen LogP contribution is 2.51. The van der Waals surface area contributed by atoms with E-state index in [9.17, 15) is 0 Å². The molecule has 1 aromatic heterocycles. The van der Waals surface area contributed by atoms with Gasteiger partial charge in [-0.1, -0.05) is 144 Å². The Morgan fingerprint density at radius 2 is 1.08 bits per heavy atom. The number of anilines is 3. The summed E-state index contributed by atoms with van der Waals surface area (Å²) >= 11 is 1.88. The SMILES string of the molecule is CC(C)(C)c1cc(-c2ccc3c(c2)sc2ccccc23)ccc1N(c1ccc(-c2ccccc2)cc1)c1ccc2c(c1)C(C)(C)c1ccccc1-2. The van der Waals surface area contributed by atoms with Crippen LogP contribution in [0.3, 0.4) is 0 Å². The Hall–Kier alpha value is -5.44. The standard InChI is InChI=1S/C49H41NS/c1-48(2,3)44-29-34(35-21-26-41-40-16-10-12-18-46(40)51-47(41)30-35)22-28-45(44)50(36-23-19-33(20-24-36)32-13-7-6-8-14-32)37-25-27-39-38-15-9-11-17-42(38)49(4,5)43(39)31-37/h6-31H,1-5H3. The fraction of sp³-hybridized carbons (Fsp3) is 0.143. The minimum Gasteiger partial charge on any atom is -0.310 e. The quantitative estimate of drug-likeness (QED) is 0.175. The predicted molar refractivity (Wildman–Crippen MR) is 221 cm³/mol. The van der Waals surface area contributed by atoms with Crippen LogP contribution in [0.15, 0.2) is 158 Å². The van der Waals surface area contributed by atoms with Crippen LogP contribution in [0.25, 0.3) is 53.6 Å². The van der Waals surface area contributed by atoms with E-state index in [1.165, 1.54) is 81.6 Å². The molecule has 1 aliphatic carbocycles. The fourth-order valence-electron chi connectivity index (χ4n) is 8.11. The largest absolute Gasteiger partial charge is 0.310 e. The topological polar surface area (TPSA) is 3.24 Å². The van der Waals surface area contributed by atoms with E-state index in [0.29, 0.717) is 0 Å². The molecular weight excluding hydrogens is 635 g/mol. The summed E-state index contributed by atoms with van der Waals surface area (Å²) in [6.45, 7) is 11.7. The zero-order chi connectivity index (χ0) is 34.9. The lowest BCUT2D eigenvalue weighted by Gasteiger charge is -2.33. The summed E-state index contributed by atoms with van der Waals surface area (Å²) < 4.78 is 2.67. The van der Waals surface area contributed by atoms with Gasteiger partial charge in [-0.25, -0.2) is 0 Å². The van der Waals surface area contributed by atoms with Crippen LogP contribution in [-0.4, -0.2) is 0 Å². The number of fused-ring (bicyclic) bond motifs is 6. The highest BCUT2D eigenvalue weighted by Gasteiger charge is 2.36. The smallest absolute Gasteiger partial charge is 0.0499 e. The number of thiophene rings is 1. The van der Waals surface area contributed by atoms with Gasteiger partial charge in [-0.15, -0.1) is 11.3 Å². The predicted octanol–water partition coefficient (Wildman–Crippen LogP) is 14.5. The van der Waals surface area contributed by atoms with Gasteiger partial charge < -0.3 is 4.90 Å². The number of hydrogen-bond acceptors (Lipinski definition) is 2. The fourth-order valence-corrected chi connectivity index (χ4v) is 9.25. The molecule has 1 nitrogen and oxygen atoms in total. The van der Waals surface area contributed by atoms with Crippen LogP contribution in [0.2, 0.25) is 0 Å². The normalized spacial score (nSPS) is 13.4. The summed E-state index contributed by atoms with van der Waals surface area (Å²) in [4.78, 5) is 2.48. The highest BCUT2D eigenvalue weighted by molar-refractivity contribution is 7.25. The van der Waals surface area contributed by atoms with E-state index in [2.05, 4.69) is 197 Å². The third kappa shape index (κ3) is 5.29. The van der Waals surface area contributed by atoms with Crippen LogP contribution in [0.1, 0.15) is 51.3 Å². The second-order valence-electron chi connectivity index (χ2n) is 15.4. The first kappa shape index (κ1) is 31.5. The third-order valence-electron chi connectivity index (χ3n) is 10.8. The lowest BCUT2D eigenvalue weighted by molar-refractivity contribution is 0.591. The second kappa shape index (κ2) is 11.8. The maximum absolute atomic E-state index is 2.48. The Bertz CT molecular complexity index is 2580. The van der Waals surface area contributed by atoms with Crippen LogP contribution in [0, 0.1) is 0 Å². The zero-order valence-electron chi connectivity index (χ0n) is 29.9. The molecule has 0 bridgehead atoms. The Morgan fingerprint density at radius 1 is 0.471 bits per heavy atom. The maximum atomic E-state index is 2.48. The van der Waals surface area contributed by atoms with Crippen molar-refractivity contribution in [3.05, 3.63) is 174 Å². The summed E-state index contributed by atoms with van der Waals surface area (Å²) in [7, 11) is 0. The molecule has 51 heavy (non-hydrogen) atoms. The van der Waals surface area contributed by atoms with Gasteiger partial charge in [0.05, 0.1) is 0 Å². The van der Waals surface area contributed by atoms with Gasteiger partial charge >= 0.3 is 0 Å². The molecule has 8 aromatic rings. The van der Waals surface area contributed by atoms with Crippen molar-refractivity contribution in [3.63, 3.8) is 0 Å². The first-order valence-electron chi connectivity index (χ1n) is 17.9. The Balaban J connectivity index is 1.21. The molecule has 2 heteroatoms. The minimum atomic E-state index is -0.110. The van der Waals surface area contributed by atoms with Gasteiger partial charge in [0.2, 0.25) is 0 Å². The van der Waals surface area contributed by atoms with Crippen LogP contribution in [0.5, 0.6) is 0 Å². The van der Waals surface area contributed by atoms with E-state index in [-0.39, 0.29) is 10.8 Å². The molecule has 9 rings (SSSR count). The van der Waals surface area contributed by atoms with E-state index in [1.807, 2.05) is 11.3 Å². The van der Waals surface area contributed by atoms with Crippen LogP contribution in [0.4, 0.5) is 17.1 Å². The molecule has 0 aliphatic heterocycles. The molecule has 1 aliphatic rings. The summed E-state index contributed by atoms with van der Waals surface area (Å²) in [5.41, 5.74) is 15.0. The molecule has 0 fully saturated rings. The van der Waals surface area contributed by atoms with E-state index in [0.717, 1.165) is 5.69 Å². The molecule has 1 heterocycles. The number of benzene rings is 7. The summed E-state index contributed by atoms with van der Waals surface area (Å²) in [5.74, 6) is 0. The average molecular weight is 676 g/mol. The highest BCUT2D eigenvalue weighted by atomic mass is 32.1. The first-order chi connectivity index (χ1) is 24.7. The minimum absolute atomic E-state index is 0.0905. The van der Waals surface area contributed by atoms with Crippen LogP contribution >= 0.6 is 11.3 Å². The van der Waals surface area contributed by atoms with Gasteiger partial charge in [0.25, 0.3) is 0 Å². The molecule has 0 N–H and O–H groups in total. The van der Waals surface area contributed by atoms with E-state index in [4.69, 9.17) is 0 Å². The molecule has 0 amide bonds. The van der Waals surface area contributed by atoms with Gasteiger partial charge in [0.1, 0.15) is 0 Å². The van der Waals surface area contributed by atoms with Gasteiger partial charge in [0, 0.05) is 42.6 Å². The van der Waals surface area contributed by atoms with Crippen LogP contribution in [-0.2, 0) is 10.8 Å². The molecule has 0 radical (unpaired) electrons. The van der Waals surface area contributed by atoms with E-state index < -0.39 is 0 Å². The van der Waals surface area contributed by atoms with E-state index in [1.54, 1.807) is 0 Å². The Kier molecular flexibility index (Phi) is 7.31. The average Bonchev–Trinajstić information content (AvgIpc) is 3.63. The van der Waals surface area contributed by atoms with Crippen molar-refractivity contribution in [1.29, 1.82) is 0 Å². The Morgan fingerprint density at radius 3 is 1.88 bits per heavy atom. The van der Waals surface area contributed by atoms with Gasteiger partial charge in [-0.3, -0.25) is 0 Å². The summed E-state index contributed by atoms with van der Waals surface area (Å²) in [6.07, 6.45) is 0. The van der Waals surface area contributed by atoms with Gasteiger partial charge in [0.15, 0.2) is 0 Å². The molecule has 0 spiro atoms. The summed E-state index contributed by atoms with van der Waals surface area (Å²) in [6, 6.07) is 58.5. The monoisotopic (exact) mass is 675 g/mol.